The minimum absolute atomic E-state index is 0.0530. The highest BCUT2D eigenvalue weighted by molar-refractivity contribution is 6.33. The van der Waals surface area contributed by atoms with Gasteiger partial charge in [0.2, 0.25) is 11.6 Å². The first kappa shape index (κ1) is 23.5. The Morgan fingerprint density at radius 3 is 1.38 bits per heavy atom. The molecule has 0 amide bonds. The molecule has 0 heterocycles. The van der Waals surface area contributed by atoms with Crippen molar-refractivity contribution in [3.8, 4) is 11.5 Å². The van der Waals surface area contributed by atoms with Crippen LogP contribution in [0, 0.1) is 0 Å². The van der Waals surface area contributed by atoms with E-state index < -0.39 is 34.4 Å². The van der Waals surface area contributed by atoms with Crippen molar-refractivity contribution in [3.63, 3.8) is 0 Å². The molecule has 3 rings (SSSR count). The van der Waals surface area contributed by atoms with Crippen LogP contribution in [0.2, 0.25) is 0 Å². The summed E-state index contributed by atoms with van der Waals surface area (Å²) in [5.41, 5.74) is 9.85. The molecule has 2 aromatic carbocycles. The molecule has 10 nitrogen and oxygen atoms in total. The molecule has 10 heteroatoms. The highest BCUT2D eigenvalue weighted by atomic mass is 16.3. The lowest BCUT2D eigenvalue weighted by atomic mass is 9.81. The number of fused-ring (bicyclic) bond motifs is 2. The van der Waals surface area contributed by atoms with Gasteiger partial charge < -0.3 is 42.5 Å². The standard InChI is InChI=1S/C22H28N4O6/c1-21(23,7-9-27)25-11-3-4-12(26-22(2,24)8-10-28)16-15(11)19(31)17-13(29)5-6-14(30)18(17)20(16)32/h3-6,25-30H,7-10,23-24H2,1-2H3. The summed E-state index contributed by atoms with van der Waals surface area (Å²) in [5.74, 6) is -2.26. The lowest BCUT2D eigenvalue weighted by Crippen LogP contribution is -2.47. The third kappa shape index (κ3) is 4.26. The number of rotatable bonds is 8. The van der Waals surface area contributed by atoms with E-state index >= 15 is 0 Å². The van der Waals surface area contributed by atoms with Crippen LogP contribution >= 0.6 is 0 Å². The molecule has 0 aliphatic heterocycles. The second-order valence-corrected chi connectivity index (χ2v) is 8.45. The minimum atomic E-state index is -1.11. The van der Waals surface area contributed by atoms with Crippen molar-refractivity contribution in [1.82, 2.24) is 0 Å². The van der Waals surface area contributed by atoms with Crippen LogP contribution in [0.1, 0.15) is 58.5 Å². The zero-order valence-corrected chi connectivity index (χ0v) is 17.9. The van der Waals surface area contributed by atoms with Gasteiger partial charge in [-0.15, -0.1) is 0 Å². The van der Waals surface area contributed by atoms with Gasteiger partial charge in [-0.2, -0.15) is 0 Å². The molecule has 2 unspecified atom stereocenters. The fourth-order valence-corrected chi connectivity index (χ4v) is 3.78. The van der Waals surface area contributed by atoms with E-state index in [0.717, 1.165) is 12.1 Å². The van der Waals surface area contributed by atoms with Gasteiger partial charge >= 0.3 is 0 Å². The molecule has 2 atom stereocenters. The smallest absolute Gasteiger partial charge is 0.200 e. The number of aliphatic hydroxyl groups excluding tert-OH is 2. The number of phenolic OH excluding ortho intramolecular Hbond substituents is 2. The number of aliphatic hydroxyl groups is 2. The Hall–Kier alpha value is -3.18. The number of ketones is 2. The molecule has 0 radical (unpaired) electrons. The number of nitrogens with two attached hydrogens (primary N) is 2. The Kier molecular flexibility index (Phi) is 6.16. The molecule has 0 aromatic heterocycles. The van der Waals surface area contributed by atoms with Crippen LogP contribution in [0.3, 0.4) is 0 Å². The van der Waals surface area contributed by atoms with Crippen molar-refractivity contribution in [2.24, 2.45) is 11.5 Å². The number of anilines is 2. The lowest BCUT2D eigenvalue weighted by molar-refractivity contribution is 0.0975. The Balaban J connectivity index is 2.26. The topological polar surface area (TPSA) is 191 Å². The van der Waals surface area contributed by atoms with Crippen LogP contribution < -0.4 is 22.1 Å². The summed E-state index contributed by atoms with van der Waals surface area (Å²) >= 11 is 0. The normalized spacial score (nSPS) is 16.6. The van der Waals surface area contributed by atoms with E-state index in [1.807, 2.05) is 0 Å². The van der Waals surface area contributed by atoms with Crippen molar-refractivity contribution >= 4 is 22.9 Å². The molecule has 32 heavy (non-hydrogen) atoms. The summed E-state index contributed by atoms with van der Waals surface area (Å²) in [6, 6.07) is 5.34. The van der Waals surface area contributed by atoms with E-state index in [9.17, 15) is 30.0 Å². The average molecular weight is 444 g/mol. The maximum absolute atomic E-state index is 13.5. The van der Waals surface area contributed by atoms with E-state index in [2.05, 4.69) is 10.6 Å². The molecule has 0 bridgehead atoms. The van der Waals surface area contributed by atoms with Crippen molar-refractivity contribution in [2.45, 2.75) is 38.0 Å². The third-order valence-corrected chi connectivity index (χ3v) is 5.38. The number of aromatic hydroxyl groups is 2. The van der Waals surface area contributed by atoms with Crippen LogP contribution in [0.4, 0.5) is 11.4 Å². The van der Waals surface area contributed by atoms with E-state index in [1.54, 1.807) is 13.8 Å². The number of hydrogen-bond acceptors (Lipinski definition) is 10. The minimum Gasteiger partial charge on any atom is -0.507 e. The zero-order chi connectivity index (χ0) is 23.8. The monoisotopic (exact) mass is 444 g/mol. The predicted octanol–water partition coefficient (Wildman–Crippen LogP) is 0.812. The highest BCUT2D eigenvalue weighted by Gasteiger charge is 2.39. The van der Waals surface area contributed by atoms with Gasteiger partial charge in [-0.05, 0) is 38.1 Å². The van der Waals surface area contributed by atoms with E-state index in [1.165, 1.54) is 12.1 Å². The molecule has 0 saturated carbocycles. The van der Waals surface area contributed by atoms with Gasteiger partial charge in [0.25, 0.3) is 0 Å². The fourth-order valence-electron chi connectivity index (χ4n) is 3.78. The van der Waals surface area contributed by atoms with Gasteiger partial charge in [0.05, 0.1) is 33.6 Å². The Morgan fingerprint density at radius 1 is 0.719 bits per heavy atom. The molecular weight excluding hydrogens is 416 g/mol. The second-order valence-electron chi connectivity index (χ2n) is 8.45. The zero-order valence-electron chi connectivity index (χ0n) is 17.9. The van der Waals surface area contributed by atoms with Crippen LogP contribution in [-0.4, -0.2) is 56.5 Å². The summed E-state index contributed by atoms with van der Waals surface area (Å²) in [6.07, 6.45) is 0.313. The molecule has 10 N–H and O–H groups in total. The van der Waals surface area contributed by atoms with Gasteiger partial charge in [-0.1, -0.05) is 0 Å². The maximum Gasteiger partial charge on any atom is 0.200 e. The van der Waals surface area contributed by atoms with Gasteiger partial charge in [-0.25, -0.2) is 0 Å². The van der Waals surface area contributed by atoms with Crippen LogP contribution in [-0.2, 0) is 0 Å². The number of hydrogen-bond donors (Lipinski definition) is 8. The third-order valence-electron chi connectivity index (χ3n) is 5.38. The van der Waals surface area contributed by atoms with Crippen molar-refractivity contribution in [2.75, 3.05) is 23.8 Å². The molecule has 172 valence electrons. The fraction of sp³-hybridized carbons (Fsp3) is 0.364. The summed E-state index contributed by atoms with van der Waals surface area (Å²) in [6.45, 7) is 2.82. The molecule has 2 aromatic rings. The summed E-state index contributed by atoms with van der Waals surface area (Å²) in [4.78, 5) is 27.0. The van der Waals surface area contributed by atoms with Gasteiger partial charge in [0.1, 0.15) is 11.5 Å². The quantitative estimate of drug-likeness (QED) is 0.182. The number of carbonyl (C=O) groups excluding carboxylic acids is 2. The molecule has 1 aliphatic rings. The molecule has 0 saturated heterocycles. The van der Waals surface area contributed by atoms with E-state index in [-0.39, 0.29) is 59.7 Å². The van der Waals surface area contributed by atoms with Gasteiger partial charge in [0.15, 0.2) is 0 Å². The number of nitrogens with one attached hydrogen (secondary N) is 2. The second kappa shape index (κ2) is 8.40. The molecule has 1 aliphatic carbocycles. The van der Waals surface area contributed by atoms with Gasteiger partial charge in [-0.3, -0.25) is 9.59 Å². The van der Waals surface area contributed by atoms with Crippen LogP contribution in [0.25, 0.3) is 0 Å². The van der Waals surface area contributed by atoms with Crippen molar-refractivity contribution < 1.29 is 30.0 Å². The Bertz CT molecular complexity index is 997. The first-order chi connectivity index (χ1) is 14.9. The Morgan fingerprint density at radius 2 is 1.06 bits per heavy atom. The lowest BCUT2D eigenvalue weighted by Gasteiger charge is -2.33. The largest absolute Gasteiger partial charge is 0.507 e. The highest BCUT2D eigenvalue weighted by Crippen LogP contribution is 2.43. The van der Waals surface area contributed by atoms with E-state index in [4.69, 9.17) is 11.5 Å². The number of phenols is 2. The predicted molar refractivity (Wildman–Crippen MR) is 119 cm³/mol. The average Bonchev–Trinajstić information content (AvgIpc) is 2.68. The number of benzene rings is 2. The SMILES string of the molecule is CC(N)(CCO)Nc1ccc(NC(C)(N)CCO)c2c1C(=O)c1c(O)ccc(O)c1C2=O. The van der Waals surface area contributed by atoms with Crippen LogP contribution in [0.5, 0.6) is 11.5 Å². The van der Waals surface area contributed by atoms with Crippen molar-refractivity contribution in [3.05, 3.63) is 46.5 Å². The van der Waals surface area contributed by atoms with E-state index in [0.29, 0.717) is 0 Å². The van der Waals surface area contributed by atoms with Crippen molar-refractivity contribution in [1.29, 1.82) is 0 Å². The summed E-state index contributed by atoms with van der Waals surface area (Å²) < 4.78 is 0. The molecule has 0 fully saturated rings. The first-order valence-corrected chi connectivity index (χ1v) is 10.1. The summed E-state index contributed by atoms with van der Waals surface area (Å²) in [7, 11) is 0. The maximum atomic E-state index is 13.5. The first-order valence-electron chi connectivity index (χ1n) is 10.1. The Labute approximate surface area is 184 Å². The number of carbonyl (C=O) groups is 2. The summed E-state index contributed by atoms with van der Waals surface area (Å²) in [5, 5.41) is 45.1. The molecule has 0 spiro atoms. The molecular formula is C22H28N4O6. The van der Waals surface area contributed by atoms with Crippen LogP contribution in [0.15, 0.2) is 24.3 Å². The van der Waals surface area contributed by atoms with Gasteiger partial charge in [0, 0.05) is 37.4 Å².